The van der Waals surface area contributed by atoms with E-state index in [1.165, 1.54) is 0 Å². The van der Waals surface area contributed by atoms with Gasteiger partial charge >= 0.3 is 0 Å². The Morgan fingerprint density at radius 2 is 2.06 bits per heavy atom. The largest absolute Gasteiger partial charge is 0.381 e. The highest BCUT2D eigenvalue weighted by Gasteiger charge is 2.14. The number of benzene rings is 1. The molecule has 1 aromatic carbocycles. The fourth-order valence-corrected chi connectivity index (χ4v) is 2.28. The number of imidazole rings is 1. The van der Waals surface area contributed by atoms with Gasteiger partial charge in [-0.15, -0.1) is 0 Å². The molecule has 2 aromatic rings. The molecule has 18 heavy (non-hydrogen) atoms. The lowest BCUT2D eigenvalue weighted by Gasteiger charge is -2.25. The number of anilines is 1. The van der Waals surface area contributed by atoms with Crippen LogP contribution >= 0.6 is 0 Å². The summed E-state index contributed by atoms with van der Waals surface area (Å²) in [4.78, 5) is 4.10. The Bertz CT molecular complexity index is 490. The molecule has 0 radical (unpaired) electrons. The van der Waals surface area contributed by atoms with E-state index >= 15 is 0 Å². The molecular weight excluding hydrogens is 226 g/mol. The third-order valence-corrected chi connectivity index (χ3v) is 3.27. The van der Waals surface area contributed by atoms with Gasteiger partial charge in [-0.1, -0.05) is 12.1 Å². The minimum Gasteiger partial charge on any atom is -0.381 e. The topological polar surface area (TPSA) is 39.1 Å². The SMILES string of the molecule is c1ccc(-n2ccnc2)c(NC2CCOCC2)c1. The average molecular weight is 243 g/mol. The molecular formula is C14H17N3O. The van der Waals surface area contributed by atoms with Crippen LogP contribution < -0.4 is 5.32 Å². The lowest BCUT2D eigenvalue weighted by molar-refractivity contribution is 0.0904. The number of aromatic nitrogens is 2. The number of ether oxygens (including phenoxy) is 1. The molecule has 0 bridgehead atoms. The second-order valence-electron chi connectivity index (χ2n) is 4.52. The van der Waals surface area contributed by atoms with Crippen LogP contribution in [-0.2, 0) is 4.74 Å². The maximum atomic E-state index is 5.38. The summed E-state index contributed by atoms with van der Waals surface area (Å²) >= 11 is 0. The van der Waals surface area contributed by atoms with Gasteiger partial charge in [0.1, 0.15) is 0 Å². The van der Waals surface area contributed by atoms with Gasteiger partial charge in [-0.3, -0.25) is 0 Å². The minimum atomic E-state index is 0.503. The quantitative estimate of drug-likeness (QED) is 0.900. The van der Waals surface area contributed by atoms with Crippen molar-refractivity contribution in [1.29, 1.82) is 0 Å². The first kappa shape index (κ1) is 11.3. The number of nitrogens with one attached hydrogen (secondary N) is 1. The number of nitrogens with zero attached hydrogens (tertiary/aromatic N) is 2. The summed E-state index contributed by atoms with van der Waals surface area (Å²) in [7, 11) is 0. The molecule has 2 heterocycles. The average Bonchev–Trinajstić information content (AvgIpc) is 2.94. The zero-order valence-electron chi connectivity index (χ0n) is 10.2. The van der Waals surface area contributed by atoms with E-state index in [4.69, 9.17) is 4.74 Å². The standard InChI is InChI=1S/C14H17N3O/c1-2-4-14(17-8-7-15-11-17)13(3-1)16-12-5-9-18-10-6-12/h1-4,7-8,11-12,16H,5-6,9-10H2. The highest BCUT2D eigenvalue weighted by Crippen LogP contribution is 2.22. The molecule has 0 unspecified atom stereocenters. The fraction of sp³-hybridized carbons (Fsp3) is 0.357. The minimum absolute atomic E-state index is 0.503. The van der Waals surface area contributed by atoms with E-state index in [2.05, 4.69) is 28.5 Å². The second kappa shape index (κ2) is 5.23. The van der Waals surface area contributed by atoms with E-state index in [1.807, 2.05) is 23.2 Å². The van der Waals surface area contributed by atoms with Crippen molar-refractivity contribution in [2.75, 3.05) is 18.5 Å². The second-order valence-corrected chi connectivity index (χ2v) is 4.52. The number of para-hydroxylation sites is 2. The third-order valence-electron chi connectivity index (χ3n) is 3.27. The molecule has 0 aliphatic carbocycles. The number of rotatable bonds is 3. The Balaban J connectivity index is 1.83. The molecule has 1 N–H and O–H groups in total. The summed E-state index contributed by atoms with van der Waals surface area (Å²) in [5.74, 6) is 0. The summed E-state index contributed by atoms with van der Waals surface area (Å²) in [6, 6.07) is 8.82. The van der Waals surface area contributed by atoms with E-state index in [-0.39, 0.29) is 0 Å². The van der Waals surface area contributed by atoms with Crippen molar-refractivity contribution in [2.24, 2.45) is 0 Å². The smallest absolute Gasteiger partial charge is 0.0992 e. The van der Waals surface area contributed by atoms with E-state index in [0.717, 1.165) is 37.4 Å². The molecule has 0 spiro atoms. The van der Waals surface area contributed by atoms with Gasteiger partial charge in [-0.2, -0.15) is 0 Å². The molecule has 4 heteroatoms. The Morgan fingerprint density at radius 1 is 1.22 bits per heavy atom. The summed E-state index contributed by atoms with van der Waals surface area (Å²) in [5, 5.41) is 3.61. The predicted molar refractivity (Wildman–Crippen MR) is 71.0 cm³/mol. The molecule has 4 nitrogen and oxygen atoms in total. The van der Waals surface area contributed by atoms with Crippen LogP contribution in [0.15, 0.2) is 43.0 Å². The first-order chi connectivity index (χ1) is 8.93. The van der Waals surface area contributed by atoms with Gasteiger partial charge in [0.05, 0.1) is 17.7 Å². The van der Waals surface area contributed by atoms with Crippen molar-refractivity contribution in [3.8, 4) is 5.69 Å². The predicted octanol–water partition coefficient (Wildman–Crippen LogP) is 2.46. The number of hydrogen-bond acceptors (Lipinski definition) is 3. The molecule has 1 aliphatic rings. The molecule has 1 saturated heterocycles. The molecule has 0 amide bonds. The van der Waals surface area contributed by atoms with Crippen LogP contribution in [0, 0.1) is 0 Å². The normalized spacial score (nSPS) is 16.7. The van der Waals surface area contributed by atoms with Crippen LogP contribution in [0.4, 0.5) is 5.69 Å². The maximum absolute atomic E-state index is 5.38. The highest BCUT2D eigenvalue weighted by molar-refractivity contribution is 5.61. The monoisotopic (exact) mass is 243 g/mol. The first-order valence-electron chi connectivity index (χ1n) is 6.35. The number of hydrogen-bond donors (Lipinski definition) is 1. The van der Waals surface area contributed by atoms with Crippen molar-refractivity contribution < 1.29 is 4.74 Å². The van der Waals surface area contributed by atoms with Crippen LogP contribution in [0.2, 0.25) is 0 Å². The zero-order valence-corrected chi connectivity index (χ0v) is 10.2. The van der Waals surface area contributed by atoms with E-state index in [1.54, 1.807) is 6.20 Å². The van der Waals surface area contributed by atoms with Gasteiger partial charge in [0.2, 0.25) is 0 Å². The van der Waals surface area contributed by atoms with E-state index < -0.39 is 0 Å². The zero-order chi connectivity index (χ0) is 12.2. The Labute approximate surface area is 107 Å². The van der Waals surface area contributed by atoms with Crippen LogP contribution in [0.1, 0.15) is 12.8 Å². The molecule has 94 valence electrons. The van der Waals surface area contributed by atoms with Crippen molar-refractivity contribution >= 4 is 5.69 Å². The van der Waals surface area contributed by atoms with E-state index in [0.29, 0.717) is 6.04 Å². The van der Waals surface area contributed by atoms with Gasteiger partial charge in [-0.05, 0) is 25.0 Å². The Morgan fingerprint density at radius 3 is 2.83 bits per heavy atom. The summed E-state index contributed by atoms with van der Waals surface area (Å²) in [6.07, 6.45) is 7.72. The van der Waals surface area contributed by atoms with Crippen molar-refractivity contribution in [3.63, 3.8) is 0 Å². The summed E-state index contributed by atoms with van der Waals surface area (Å²) in [6.45, 7) is 1.70. The van der Waals surface area contributed by atoms with Crippen molar-refractivity contribution in [2.45, 2.75) is 18.9 Å². The van der Waals surface area contributed by atoms with Gasteiger partial charge in [-0.25, -0.2) is 4.98 Å². The van der Waals surface area contributed by atoms with Crippen LogP contribution in [-0.4, -0.2) is 28.8 Å². The van der Waals surface area contributed by atoms with Gasteiger partial charge in [0.25, 0.3) is 0 Å². The Kier molecular flexibility index (Phi) is 3.28. The summed E-state index contributed by atoms with van der Waals surface area (Å²) < 4.78 is 7.41. The maximum Gasteiger partial charge on any atom is 0.0992 e. The van der Waals surface area contributed by atoms with Crippen LogP contribution in [0.5, 0.6) is 0 Å². The molecule has 1 aliphatic heterocycles. The summed E-state index contributed by atoms with van der Waals surface area (Å²) in [5.41, 5.74) is 2.30. The first-order valence-corrected chi connectivity index (χ1v) is 6.35. The third kappa shape index (κ3) is 2.38. The highest BCUT2D eigenvalue weighted by atomic mass is 16.5. The molecule has 3 rings (SSSR count). The van der Waals surface area contributed by atoms with Gasteiger partial charge in [0.15, 0.2) is 0 Å². The van der Waals surface area contributed by atoms with Crippen molar-refractivity contribution in [1.82, 2.24) is 9.55 Å². The molecule has 0 saturated carbocycles. The van der Waals surface area contributed by atoms with Gasteiger partial charge in [0, 0.05) is 31.6 Å². The Hall–Kier alpha value is -1.81. The van der Waals surface area contributed by atoms with Crippen LogP contribution in [0.25, 0.3) is 5.69 Å². The fourth-order valence-electron chi connectivity index (χ4n) is 2.28. The lowest BCUT2D eigenvalue weighted by Crippen LogP contribution is -2.28. The molecule has 1 aromatic heterocycles. The lowest BCUT2D eigenvalue weighted by atomic mass is 10.1. The van der Waals surface area contributed by atoms with Crippen LogP contribution in [0.3, 0.4) is 0 Å². The molecule has 1 fully saturated rings. The van der Waals surface area contributed by atoms with E-state index in [9.17, 15) is 0 Å². The van der Waals surface area contributed by atoms with Gasteiger partial charge < -0.3 is 14.6 Å². The molecule has 0 atom stereocenters. The van der Waals surface area contributed by atoms with Crippen molar-refractivity contribution in [3.05, 3.63) is 43.0 Å².